The van der Waals surface area contributed by atoms with E-state index in [0.717, 1.165) is 35.3 Å². The first kappa shape index (κ1) is 15.2. The van der Waals surface area contributed by atoms with Gasteiger partial charge in [0.05, 0.1) is 5.52 Å². The molecule has 2 fully saturated rings. The Hall–Kier alpha value is -2.05. The van der Waals surface area contributed by atoms with Crippen LogP contribution in [0.25, 0.3) is 10.9 Å². The van der Waals surface area contributed by atoms with Crippen molar-refractivity contribution in [2.24, 2.45) is 0 Å². The van der Waals surface area contributed by atoms with E-state index in [9.17, 15) is 4.79 Å². The summed E-state index contributed by atoms with van der Waals surface area (Å²) >= 11 is 0. The number of fused-ring (bicyclic) bond motifs is 3. The normalized spacial score (nSPS) is 23.8. The standard InChI is InChI=1S/C19H23N3O3/c23-19-14(10-21-4-2-6-22-5-1-3-15(22)11-21)7-13-8-17-18(25-12-24-17)9-16(13)20-19/h7-9,15H,1-6,10-12H2,(H,20,23)/t15-/m0/s1. The van der Waals surface area contributed by atoms with Crippen LogP contribution in [0.3, 0.4) is 0 Å². The molecule has 0 bridgehead atoms. The maximum Gasteiger partial charge on any atom is 0.252 e. The highest BCUT2D eigenvalue weighted by molar-refractivity contribution is 5.83. The van der Waals surface area contributed by atoms with Gasteiger partial charge in [-0.3, -0.25) is 14.6 Å². The van der Waals surface area contributed by atoms with Crippen LogP contribution in [0.1, 0.15) is 24.8 Å². The van der Waals surface area contributed by atoms with Crippen molar-refractivity contribution in [2.45, 2.75) is 31.8 Å². The Balaban J connectivity index is 1.43. The van der Waals surface area contributed by atoms with Crippen LogP contribution in [-0.4, -0.2) is 53.8 Å². The minimum absolute atomic E-state index is 0.00103. The summed E-state index contributed by atoms with van der Waals surface area (Å²) in [6.07, 6.45) is 3.77. The van der Waals surface area contributed by atoms with E-state index in [-0.39, 0.29) is 12.4 Å². The smallest absolute Gasteiger partial charge is 0.252 e. The molecule has 1 atom stereocenters. The second-order valence-corrected chi connectivity index (χ2v) is 7.34. The van der Waals surface area contributed by atoms with Crippen molar-refractivity contribution in [3.63, 3.8) is 0 Å². The van der Waals surface area contributed by atoms with E-state index in [1.54, 1.807) is 0 Å². The molecule has 0 aliphatic carbocycles. The highest BCUT2D eigenvalue weighted by Crippen LogP contribution is 2.35. The quantitative estimate of drug-likeness (QED) is 0.904. The van der Waals surface area contributed by atoms with Gasteiger partial charge in [0, 0.05) is 36.1 Å². The summed E-state index contributed by atoms with van der Waals surface area (Å²) in [5.74, 6) is 1.45. The summed E-state index contributed by atoms with van der Waals surface area (Å²) in [7, 11) is 0. The second kappa shape index (κ2) is 6.04. The van der Waals surface area contributed by atoms with Crippen molar-refractivity contribution >= 4 is 10.9 Å². The molecule has 0 unspecified atom stereocenters. The molecule has 5 rings (SSSR count). The lowest BCUT2D eigenvalue weighted by atomic mass is 10.1. The molecule has 2 saturated heterocycles. The summed E-state index contributed by atoms with van der Waals surface area (Å²) < 4.78 is 10.9. The molecule has 6 nitrogen and oxygen atoms in total. The lowest BCUT2D eigenvalue weighted by Crippen LogP contribution is -2.37. The molecular formula is C19H23N3O3. The van der Waals surface area contributed by atoms with Gasteiger partial charge in [-0.1, -0.05) is 0 Å². The maximum atomic E-state index is 12.6. The third-order valence-electron chi connectivity index (χ3n) is 5.70. The average molecular weight is 341 g/mol. The van der Waals surface area contributed by atoms with Crippen molar-refractivity contribution in [3.8, 4) is 11.5 Å². The fraction of sp³-hybridized carbons (Fsp3) is 0.526. The molecule has 1 aromatic heterocycles. The zero-order chi connectivity index (χ0) is 16.8. The Kier molecular flexibility index (Phi) is 3.68. The average Bonchev–Trinajstić information content (AvgIpc) is 3.19. The van der Waals surface area contributed by atoms with Crippen molar-refractivity contribution in [2.75, 3.05) is 33.0 Å². The predicted octanol–water partition coefficient (Wildman–Crippen LogP) is 1.93. The number of aromatic amines is 1. The van der Waals surface area contributed by atoms with Gasteiger partial charge in [-0.25, -0.2) is 0 Å². The van der Waals surface area contributed by atoms with Gasteiger partial charge in [0.25, 0.3) is 5.56 Å². The van der Waals surface area contributed by atoms with Crippen LogP contribution in [-0.2, 0) is 6.54 Å². The molecule has 2 aromatic rings. The summed E-state index contributed by atoms with van der Waals surface area (Å²) in [4.78, 5) is 20.6. The van der Waals surface area contributed by atoms with Crippen LogP contribution in [0.4, 0.5) is 0 Å². The summed E-state index contributed by atoms with van der Waals surface area (Å²) in [6.45, 7) is 5.52. The monoisotopic (exact) mass is 341 g/mol. The number of rotatable bonds is 2. The van der Waals surface area contributed by atoms with Gasteiger partial charge in [-0.15, -0.1) is 0 Å². The van der Waals surface area contributed by atoms with E-state index in [2.05, 4.69) is 14.8 Å². The SMILES string of the molecule is O=c1[nH]c2cc3c(cc2cc1CN1CCCN2CCC[C@H]2C1)OCO3. The molecule has 3 aliphatic rings. The van der Waals surface area contributed by atoms with Crippen molar-refractivity contribution < 1.29 is 9.47 Å². The Morgan fingerprint density at radius 1 is 1.08 bits per heavy atom. The Labute approximate surface area is 146 Å². The van der Waals surface area contributed by atoms with Crippen molar-refractivity contribution in [1.82, 2.24) is 14.8 Å². The zero-order valence-electron chi connectivity index (χ0n) is 14.3. The first-order valence-corrected chi connectivity index (χ1v) is 9.18. The Morgan fingerprint density at radius 3 is 2.84 bits per heavy atom. The molecule has 0 saturated carbocycles. The fourth-order valence-electron chi connectivity index (χ4n) is 4.43. The first-order valence-electron chi connectivity index (χ1n) is 9.18. The van der Waals surface area contributed by atoms with Crippen molar-refractivity contribution in [1.29, 1.82) is 0 Å². The van der Waals surface area contributed by atoms with Gasteiger partial charge in [0.2, 0.25) is 6.79 Å². The Morgan fingerprint density at radius 2 is 1.92 bits per heavy atom. The van der Waals surface area contributed by atoms with E-state index >= 15 is 0 Å². The predicted molar refractivity (Wildman–Crippen MR) is 95.2 cm³/mol. The molecule has 0 amide bonds. The van der Waals surface area contributed by atoms with Crippen LogP contribution < -0.4 is 15.0 Å². The van der Waals surface area contributed by atoms with E-state index in [1.165, 1.54) is 32.4 Å². The highest BCUT2D eigenvalue weighted by Gasteiger charge is 2.28. The number of aromatic nitrogens is 1. The number of nitrogens with one attached hydrogen (secondary N) is 1. The molecule has 1 aromatic carbocycles. The lowest BCUT2D eigenvalue weighted by molar-refractivity contribution is 0.174. The van der Waals surface area contributed by atoms with Crippen LogP contribution in [0.15, 0.2) is 23.0 Å². The third kappa shape index (κ3) is 2.79. The number of hydrogen-bond acceptors (Lipinski definition) is 5. The minimum atomic E-state index is -0.00103. The number of benzene rings is 1. The lowest BCUT2D eigenvalue weighted by Gasteiger charge is -2.25. The van der Waals surface area contributed by atoms with Crippen LogP contribution in [0.5, 0.6) is 11.5 Å². The fourth-order valence-corrected chi connectivity index (χ4v) is 4.43. The van der Waals surface area contributed by atoms with E-state index in [1.807, 2.05) is 18.2 Å². The molecule has 1 N–H and O–H groups in total. The largest absolute Gasteiger partial charge is 0.454 e. The molecule has 132 valence electrons. The highest BCUT2D eigenvalue weighted by atomic mass is 16.7. The minimum Gasteiger partial charge on any atom is -0.454 e. The van der Waals surface area contributed by atoms with Gasteiger partial charge in [-0.05, 0) is 51.0 Å². The van der Waals surface area contributed by atoms with Crippen LogP contribution in [0, 0.1) is 0 Å². The number of ether oxygens (including phenoxy) is 2. The summed E-state index contributed by atoms with van der Waals surface area (Å²) in [5.41, 5.74) is 1.63. The van der Waals surface area contributed by atoms with Gasteiger partial charge < -0.3 is 14.5 Å². The van der Waals surface area contributed by atoms with Crippen LogP contribution >= 0.6 is 0 Å². The number of H-pyrrole nitrogens is 1. The molecule has 3 aliphatic heterocycles. The molecule has 0 radical (unpaired) electrons. The van der Waals surface area contributed by atoms with Gasteiger partial charge in [0.15, 0.2) is 11.5 Å². The summed E-state index contributed by atoms with van der Waals surface area (Å²) in [5, 5.41) is 0.996. The van der Waals surface area contributed by atoms with Gasteiger partial charge in [0.1, 0.15) is 0 Å². The topological polar surface area (TPSA) is 57.8 Å². The Bertz CT molecular complexity index is 863. The van der Waals surface area contributed by atoms with E-state index in [0.29, 0.717) is 18.3 Å². The number of nitrogens with zero attached hydrogens (tertiary/aromatic N) is 2. The zero-order valence-corrected chi connectivity index (χ0v) is 14.3. The van der Waals surface area contributed by atoms with Gasteiger partial charge in [-0.2, -0.15) is 0 Å². The molecule has 6 heteroatoms. The summed E-state index contributed by atoms with van der Waals surface area (Å²) in [6, 6.07) is 6.48. The number of hydrogen-bond donors (Lipinski definition) is 1. The maximum absolute atomic E-state index is 12.6. The van der Waals surface area contributed by atoms with Crippen molar-refractivity contribution in [3.05, 3.63) is 34.1 Å². The molecule has 4 heterocycles. The van der Waals surface area contributed by atoms with E-state index < -0.39 is 0 Å². The van der Waals surface area contributed by atoms with Gasteiger partial charge >= 0.3 is 0 Å². The molecule has 0 spiro atoms. The molecule has 25 heavy (non-hydrogen) atoms. The van der Waals surface area contributed by atoms with Crippen LogP contribution in [0.2, 0.25) is 0 Å². The number of pyridine rings is 1. The molecular weight excluding hydrogens is 318 g/mol. The second-order valence-electron chi connectivity index (χ2n) is 7.34. The van der Waals surface area contributed by atoms with E-state index in [4.69, 9.17) is 9.47 Å². The third-order valence-corrected chi connectivity index (χ3v) is 5.70. The first-order chi connectivity index (χ1) is 12.3.